The van der Waals surface area contributed by atoms with Crippen molar-refractivity contribution in [2.24, 2.45) is 0 Å². The summed E-state index contributed by atoms with van der Waals surface area (Å²) >= 11 is 0. The van der Waals surface area contributed by atoms with Gasteiger partial charge in [-0.05, 0) is 37.6 Å². The molecule has 104 valence electrons. The van der Waals surface area contributed by atoms with Crippen LogP contribution in [0.3, 0.4) is 0 Å². The maximum atomic E-state index is 12.1. The van der Waals surface area contributed by atoms with Gasteiger partial charge in [0.1, 0.15) is 5.75 Å². The van der Waals surface area contributed by atoms with Gasteiger partial charge in [0.2, 0.25) is 0 Å². The second-order valence-corrected chi connectivity index (χ2v) is 4.52. The zero-order chi connectivity index (χ0) is 14.9. The molecule has 0 spiro atoms. The second-order valence-electron chi connectivity index (χ2n) is 4.52. The molecule has 0 radical (unpaired) electrons. The molecule has 0 aliphatic heterocycles. The van der Waals surface area contributed by atoms with Crippen LogP contribution in [0.2, 0.25) is 0 Å². The summed E-state index contributed by atoms with van der Waals surface area (Å²) < 4.78 is 6.13. The number of benzene rings is 1. The van der Waals surface area contributed by atoms with Crippen LogP contribution in [0, 0.1) is 13.8 Å². The first kappa shape index (κ1) is 13.9. The van der Waals surface area contributed by atoms with Crippen LogP contribution >= 0.6 is 0 Å². The van der Waals surface area contributed by atoms with Gasteiger partial charge in [0.05, 0.1) is 18.4 Å². The van der Waals surface area contributed by atoms with E-state index >= 15 is 0 Å². The Hall–Kier alpha value is -2.56. The number of carbonyl (C=O) groups excluding carboxylic acids is 1. The second kappa shape index (κ2) is 5.21. The van der Waals surface area contributed by atoms with E-state index in [2.05, 4.69) is 4.74 Å². The molecule has 0 aliphatic rings. The molecule has 0 unspecified atom stereocenters. The third-order valence-electron chi connectivity index (χ3n) is 3.07. The smallest absolute Gasteiger partial charge is 0.337 e. The minimum Gasteiger partial charge on any atom is -0.508 e. The predicted molar refractivity (Wildman–Crippen MR) is 74.5 cm³/mol. The lowest BCUT2D eigenvalue weighted by atomic mass is 10.1. The van der Waals surface area contributed by atoms with Crippen molar-refractivity contribution < 1.29 is 14.6 Å². The zero-order valence-electron chi connectivity index (χ0n) is 11.5. The van der Waals surface area contributed by atoms with Crippen molar-refractivity contribution in [3.63, 3.8) is 0 Å². The van der Waals surface area contributed by atoms with Gasteiger partial charge >= 0.3 is 5.97 Å². The van der Waals surface area contributed by atoms with Gasteiger partial charge < -0.3 is 9.84 Å². The molecule has 20 heavy (non-hydrogen) atoms. The standard InChI is InChI=1S/C15H15NO4/c1-9-4-5-11(15(19)20-3)7-13(9)16-10(2)6-12(17)8-14(16)18/h4-8,17H,1-3H3. The number of aryl methyl sites for hydroxylation is 2. The highest BCUT2D eigenvalue weighted by atomic mass is 16.5. The summed E-state index contributed by atoms with van der Waals surface area (Å²) in [7, 11) is 1.31. The molecule has 1 heterocycles. The number of carbonyl (C=O) groups is 1. The maximum Gasteiger partial charge on any atom is 0.337 e. The number of hydrogen-bond acceptors (Lipinski definition) is 4. The Labute approximate surface area is 116 Å². The fraction of sp³-hybridized carbons (Fsp3) is 0.200. The van der Waals surface area contributed by atoms with Crippen LogP contribution in [0.15, 0.2) is 35.1 Å². The van der Waals surface area contributed by atoms with E-state index in [0.29, 0.717) is 16.9 Å². The normalized spacial score (nSPS) is 10.3. The van der Waals surface area contributed by atoms with Crippen molar-refractivity contribution in [1.29, 1.82) is 0 Å². The molecule has 0 fully saturated rings. The fourth-order valence-electron chi connectivity index (χ4n) is 2.09. The van der Waals surface area contributed by atoms with Crippen molar-refractivity contribution in [1.82, 2.24) is 4.57 Å². The highest BCUT2D eigenvalue weighted by molar-refractivity contribution is 5.90. The third kappa shape index (κ3) is 2.42. The zero-order valence-corrected chi connectivity index (χ0v) is 11.5. The Morgan fingerprint density at radius 3 is 2.50 bits per heavy atom. The molecule has 0 bridgehead atoms. The van der Waals surface area contributed by atoms with Gasteiger partial charge in [-0.3, -0.25) is 9.36 Å². The Bertz CT molecular complexity index is 731. The first-order chi connectivity index (χ1) is 9.43. The molecule has 1 aromatic carbocycles. The van der Waals surface area contributed by atoms with Crippen LogP contribution in [0.25, 0.3) is 5.69 Å². The Morgan fingerprint density at radius 1 is 1.20 bits per heavy atom. The number of rotatable bonds is 2. The largest absolute Gasteiger partial charge is 0.508 e. The summed E-state index contributed by atoms with van der Waals surface area (Å²) in [6.45, 7) is 3.56. The molecule has 2 rings (SSSR count). The lowest BCUT2D eigenvalue weighted by Crippen LogP contribution is -2.20. The van der Waals surface area contributed by atoms with Crippen LogP contribution in [0.1, 0.15) is 21.6 Å². The molecular weight excluding hydrogens is 258 g/mol. The quantitative estimate of drug-likeness (QED) is 0.849. The number of ether oxygens (including phenoxy) is 1. The summed E-state index contributed by atoms with van der Waals surface area (Å²) in [5.74, 6) is -0.541. The van der Waals surface area contributed by atoms with Gasteiger partial charge in [-0.25, -0.2) is 4.79 Å². The van der Waals surface area contributed by atoms with Crippen LogP contribution in [0.5, 0.6) is 5.75 Å². The number of hydrogen-bond donors (Lipinski definition) is 1. The minimum atomic E-state index is -0.462. The number of methoxy groups -OCH3 is 1. The van der Waals surface area contributed by atoms with E-state index in [1.807, 2.05) is 6.92 Å². The van der Waals surface area contributed by atoms with Crippen LogP contribution in [0.4, 0.5) is 0 Å². The van der Waals surface area contributed by atoms with E-state index in [0.717, 1.165) is 11.6 Å². The van der Waals surface area contributed by atoms with E-state index in [-0.39, 0.29) is 11.3 Å². The number of aromatic hydroxyl groups is 1. The molecule has 0 aliphatic carbocycles. The molecule has 5 nitrogen and oxygen atoms in total. The molecule has 0 amide bonds. The van der Waals surface area contributed by atoms with Gasteiger partial charge in [0.25, 0.3) is 5.56 Å². The van der Waals surface area contributed by atoms with Crippen LogP contribution in [-0.4, -0.2) is 22.8 Å². The Morgan fingerprint density at radius 2 is 1.90 bits per heavy atom. The molecule has 1 aromatic heterocycles. The van der Waals surface area contributed by atoms with E-state index < -0.39 is 5.97 Å². The Kier molecular flexibility index (Phi) is 3.61. The van der Waals surface area contributed by atoms with Crippen molar-refractivity contribution in [2.75, 3.05) is 7.11 Å². The van der Waals surface area contributed by atoms with Gasteiger partial charge in [0.15, 0.2) is 0 Å². The van der Waals surface area contributed by atoms with Crippen LogP contribution in [-0.2, 0) is 4.74 Å². The number of pyridine rings is 1. The lowest BCUT2D eigenvalue weighted by Gasteiger charge is -2.14. The number of esters is 1. The average Bonchev–Trinajstić information content (AvgIpc) is 2.38. The molecule has 2 aromatic rings. The van der Waals surface area contributed by atoms with Crippen LogP contribution < -0.4 is 5.56 Å². The molecule has 1 N–H and O–H groups in total. The highest BCUT2D eigenvalue weighted by Gasteiger charge is 2.12. The van der Waals surface area contributed by atoms with Crippen molar-refractivity contribution in [2.45, 2.75) is 13.8 Å². The summed E-state index contributed by atoms with van der Waals surface area (Å²) in [6, 6.07) is 7.63. The van der Waals surface area contributed by atoms with E-state index in [1.165, 1.54) is 17.7 Å². The van der Waals surface area contributed by atoms with E-state index in [4.69, 9.17) is 0 Å². The molecule has 0 saturated heterocycles. The SMILES string of the molecule is COC(=O)c1ccc(C)c(-n2c(C)cc(O)cc2=O)c1. The fourth-order valence-corrected chi connectivity index (χ4v) is 2.09. The number of aromatic nitrogens is 1. The summed E-state index contributed by atoms with van der Waals surface area (Å²) in [5.41, 5.74) is 2.03. The third-order valence-corrected chi connectivity index (χ3v) is 3.07. The lowest BCUT2D eigenvalue weighted by molar-refractivity contribution is 0.0600. The first-order valence-corrected chi connectivity index (χ1v) is 6.06. The van der Waals surface area contributed by atoms with Gasteiger partial charge in [-0.2, -0.15) is 0 Å². The van der Waals surface area contributed by atoms with Crippen molar-refractivity contribution >= 4 is 5.97 Å². The predicted octanol–water partition coefficient (Wildman–Crippen LogP) is 1.95. The summed E-state index contributed by atoms with van der Waals surface area (Å²) in [6.07, 6.45) is 0. The van der Waals surface area contributed by atoms with Gasteiger partial charge in [-0.1, -0.05) is 6.07 Å². The van der Waals surface area contributed by atoms with Crippen molar-refractivity contribution in [3.8, 4) is 11.4 Å². The van der Waals surface area contributed by atoms with Crippen molar-refractivity contribution in [3.05, 3.63) is 57.5 Å². The van der Waals surface area contributed by atoms with E-state index in [9.17, 15) is 14.7 Å². The summed E-state index contributed by atoms with van der Waals surface area (Å²) in [4.78, 5) is 23.6. The van der Waals surface area contributed by atoms with Gasteiger partial charge in [0, 0.05) is 11.8 Å². The molecule has 5 heteroatoms. The maximum absolute atomic E-state index is 12.1. The average molecular weight is 273 g/mol. The Balaban J connectivity index is 2.70. The molecule has 0 saturated carbocycles. The molecular formula is C15H15NO4. The summed E-state index contributed by atoms with van der Waals surface area (Å²) in [5, 5.41) is 9.43. The monoisotopic (exact) mass is 273 g/mol. The van der Waals surface area contributed by atoms with E-state index in [1.54, 1.807) is 25.1 Å². The minimum absolute atomic E-state index is 0.0782. The first-order valence-electron chi connectivity index (χ1n) is 6.06. The highest BCUT2D eigenvalue weighted by Crippen LogP contribution is 2.18. The molecule has 0 atom stereocenters. The topological polar surface area (TPSA) is 68.5 Å². The number of nitrogens with zero attached hydrogens (tertiary/aromatic N) is 1. The van der Waals surface area contributed by atoms with Gasteiger partial charge in [-0.15, -0.1) is 0 Å².